The van der Waals surface area contributed by atoms with E-state index in [0.29, 0.717) is 34.9 Å². The minimum Gasteiger partial charge on any atom is -0.497 e. The number of benzene rings is 1. The molecule has 1 amide bonds. The minimum atomic E-state index is -0.241. The predicted molar refractivity (Wildman–Crippen MR) is 112 cm³/mol. The Labute approximate surface area is 175 Å². The second kappa shape index (κ2) is 8.62. The van der Waals surface area contributed by atoms with Crippen molar-refractivity contribution in [2.45, 2.75) is 38.8 Å². The van der Waals surface area contributed by atoms with Crippen LogP contribution in [0.4, 0.5) is 5.82 Å². The Morgan fingerprint density at radius 1 is 1.23 bits per heavy atom. The fraction of sp³-hybridized carbons (Fsp3) is 0.364. The van der Waals surface area contributed by atoms with Crippen LogP contribution in [-0.2, 0) is 0 Å². The van der Waals surface area contributed by atoms with Gasteiger partial charge in [-0.15, -0.1) is 0 Å². The van der Waals surface area contributed by atoms with Crippen LogP contribution in [0.5, 0.6) is 5.75 Å². The Bertz CT molecular complexity index is 998. The van der Waals surface area contributed by atoms with Gasteiger partial charge in [0.1, 0.15) is 11.6 Å². The SMILES string of the molecule is COc1ccc(C(=O)Nc2ccc(-c3noc([C@@H]4CCCN4C(C)C)n3)cn2)cc1. The van der Waals surface area contributed by atoms with Crippen LogP contribution in [0.15, 0.2) is 47.1 Å². The van der Waals surface area contributed by atoms with E-state index < -0.39 is 0 Å². The fourth-order valence-corrected chi connectivity index (χ4v) is 3.69. The van der Waals surface area contributed by atoms with Gasteiger partial charge in [0.25, 0.3) is 5.91 Å². The smallest absolute Gasteiger partial charge is 0.256 e. The van der Waals surface area contributed by atoms with Gasteiger partial charge < -0.3 is 14.6 Å². The molecule has 8 nitrogen and oxygen atoms in total. The molecule has 2 aromatic heterocycles. The maximum atomic E-state index is 12.4. The van der Waals surface area contributed by atoms with Crippen LogP contribution in [0.25, 0.3) is 11.4 Å². The highest BCUT2D eigenvalue weighted by Crippen LogP contribution is 2.33. The molecule has 4 rings (SSSR count). The third-order valence-electron chi connectivity index (χ3n) is 5.30. The van der Waals surface area contributed by atoms with Crippen molar-refractivity contribution < 1.29 is 14.1 Å². The topological polar surface area (TPSA) is 93.4 Å². The zero-order valence-electron chi connectivity index (χ0n) is 17.3. The summed E-state index contributed by atoms with van der Waals surface area (Å²) in [6.45, 7) is 5.40. The predicted octanol–water partition coefficient (Wildman–Crippen LogP) is 3.94. The lowest BCUT2D eigenvalue weighted by Gasteiger charge is -2.25. The van der Waals surface area contributed by atoms with Gasteiger partial charge in [0, 0.05) is 23.4 Å². The standard InChI is InChI=1S/C22H25N5O3/c1-14(2)27-12-4-5-18(27)22-25-20(26-30-22)16-8-11-19(23-13-16)24-21(28)15-6-9-17(29-3)10-7-15/h6-11,13-14,18H,4-5,12H2,1-3H3,(H,23,24,28)/t18-/m0/s1. The van der Waals surface area contributed by atoms with Crippen molar-refractivity contribution in [3.05, 3.63) is 54.0 Å². The molecule has 0 spiro atoms. The third-order valence-corrected chi connectivity index (χ3v) is 5.30. The molecule has 156 valence electrons. The number of ether oxygens (including phenoxy) is 1. The van der Waals surface area contributed by atoms with Gasteiger partial charge in [-0.3, -0.25) is 9.69 Å². The summed E-state index contributed by atoms with van der Waals surface area (Å²) in [6, 6.07) is 11.0. The van der Waals surface area contributed by atoms with E-state index in [1.165, 1.54) is 0 Å². The van der Waals surface area contributed by atoms with E-state index in [2.05, 4.69) is 39.2 Å². The maximum Gasteiger partial charge on any atom is 0.256 e. The highest BCUT2D eigenvalue weighted by atomic mass is 16.5. The molecule has 0 bridgehead atoms. The van der Waals surface area contributed by atoms with E-state index in [1.807, 2.05) is 6.07 Å². The van der Waals surface area contributed by atoms with E-state index in [-0.39, 0.29) is 11.9 Å². The lowest BCUT2D eigenvalue weighted by atomic mass is 10.2. The molecule has 0 saturated carbocycles. The van der Waals surface area contributed by atoms with E-state index in [0.717, 1.165) is 24.9 Å². The largest absolute Gasteiger partial charge is 0.497 e. The number of carbonyl (C=O) groups is 1. The molecule has 8 heteroatoms. The van der Waals surface area contributed by atoms with Gasteiger partial charge in [0.2, 0.25) is 11.7 Å². The number of rotatable bonds is 6. The number of pyridine rings is 1. The number of methoxy groups -OCH3 is 1. The van der Waals surface area contributed by atoms with Crippen LogP contribution in [-0.4, -0.2) is 45.6 Å². The molecule has 0 unspecified atom stereocenters. The summed E-state index contributed by atoms with van der Waals surface area (Å²) in [5.41, 5.74) is 1.26. The molecule has 30 heavy (non-hydrogen) atoms. The second-order valence-electron chi connectivity index (χ2n) is 7.56. The number of hydrogen-bond donors (Lipinski definition) is 1. The van der Waals surface area contributed by atoms with Gasteiger partial charge in [0.05, 0.1) is 13.2 Å². The number of amides is 1. The van der Waals surface area contributed by atoms with Gasteiger partial charge in [-0.25, -0.2) is 4.98 Å². The monoisotopic (exact) mass is 407 g/mol. The molecule has 1 fully saturated rings. The summed E-state index contributed by atoms with van der Waals surface area (Å²) >= 11 is 0. The number of nitrogens with one attached hydrogen (secondary N) is 1. The van der Waals surface area contributed by atoms with Crippen molar-refractivity contribution in [2.75, 3.05) is 19.0 Å². The summed E-state index contributed by atoms with van der Waals surface area (Å²) in [5.74, 6) is 2.05. The van der Waals surface area contributed by atoms with E-state index in [9.17, 15) is 4.79 Å². The third kappa shape index (κ3) is 4.18. The Hall–Kier alpha value is -3.26. The average molecular weight is 407 g/mol. The Balaban J connectivity index is 1.43. The van der Waals surface area contributed by atoms with Crippen molar-refractivity contribution in [2.24, 2.45) is 0 Å². The quantitative estimate of drug-likeness (QED) is 0.661. The van der Waals surface area contributed by atoms with Gasteiger partial charge in [0.15, 0.2) is 0 Å². The van der Waals surface area contributed by atoms with Crippen LogP contribution < -0.4 is 10.1 Å². The van der Waals surface area contributed by atoms with Crippen molar-refractivity contribution in [3.63, 3.8) is 0 Å². The summed E-state index contributed by atoms with van der Waals surface area (Å²) in [7, 11) is 1.58. The van der Waals surface area contributed by atoms with Crippen LogP contribution in [0, 0.1) is 0 Å². The molecule has 1 N–H and O–H groups in total. The minimum absolute atomic E-state index is 0.169. The first-order valence-corrected chi connectivity index (χ1v) is 10.1. The van der Waals surface area contributed by atoms with Crippen molar-refractivity contribution in [1.29, 1.82) is 0 Å². The number of nitrogens with zero attached hydrogens (tertiary/aromatic N) is 4. The Morgan fingerprint density at radius 2 is 2.03 bits per heavy atom. The highest BCUT2D eigenvalue weighted by Gasteiger charge is 2.32. The normalized spacial score (nSPS) is 16.7. The van der Waals surface area contributed by atoms with Crippen molar-refractivity contribution >= 4 is 11.7 Å². The molecule has 3 heterocycles. The molecule has 1 atom stereocenters. The van der Waals surface area contributed by atoms with Crippen molar-refractivity contribution in [1.82, 2.24) is 20.0 Å². The van der Waals surface area contributed by atoms with Gasteiger partial charge >= 0.3 is 0 Å². The lowest BCUT2D eigenvalue weighted by Crippen LogP contribution is -2.30. The first-order valence-electron chi connectivity index (χ1n) is 10.1. The van der Waals surface area contributed by atoms with Crippen LogP contribution in [0.2, 0.25) is 0 Å². The Morgan fingerprint density at radius 3 is 2.70 bits per heavy atom. The average Bonchev–Trinajstić information content (AvgIpc) is 3.44. The van der Waals surface area contributed by atoms with E-state index >= 15 is 0 Å². The zero-order valence-corrected chi connectivity index (χ0v) is 17.3. The van der Waals surface area contributed by atoms with Gasteiger partial charge in [-0.1, -0.05) is 5.16 Å². The summed E-state index contributed by atoms with van der Waals surface area (Å²) in [4.78, 5) is 23.7. The highest BCUT2D eigenvalue weighted by molar-refractivity contribution is 6.03. The molecule has 1 saturated heterocycles. The lowest BCUT2D eigenvalue weighted by molar-refractivity contribution is 0.102. The van der Waals surface area contributed by atoms with E-state index in [4.69, 9.17) is 9.26 Å². The first kappa shape index (κ1) is 20.0. The molecular formula is C22H25N5O3. The number of hydrogen-bond acceptors (Lipinski definition) is 7. The second-order valence-corrected chi connectivity index (χ2v) is 7.56. The van der Waals surface area contributed by atoms with Gasteiger partial charge in [-0.05, 0) is 69.6 Å². The molecule has 0 radical (unpaired) electrons. The molecule has 3 aromatic rings. The molecule has 1 aliphatic rings. The number of aromatic nitrogens is 3. The number of likely N-dealkylation sites (tertiary alicyclic amines) is 1. The zero-order chi connectivity index (χ0) is 21.1. The van der Waals surface area contributed by atoms with Gasteiger partial charge in [-0.2, -0.15) is 4.98 Å². The van der Waals surface area contributed by atoms with Crippen LogP contribution in [0.1, 0.15) is 49.0 Å². The molecule has 0 aliphatic carbocycles. The number of anilines is 1. The molecule has 1 aromatic carbocycles. The fourth-order valence-electron chi connectivity index (χ4n) is 3.69. The molecule has 1 aliphatic heterocycles. The first-order chi connectivity index (χ1) is 14.5. The Kier molecular flexibility index (Phi) is 5.76. The number of carbonyl (C=O) groups excluding carboxylic acids is 1. The molecular weight excluding hydrogens is 382 g/mol. The van der Waals surface area contributed by atoms with Crippen LogP contribution in [0.3, 0.4) is 0 Å². The van der Waals surface area contributed by atoms with E-state index in [1.54, 1.807) is 43.6 Å². The summed E-state index contributed by atoms with van der Waals surface area (Å²) < 4.78 is 10.7. The maximum absolute atomic E-state index is 12.4. The van der Waals surface area contributed by atoms with Crippen LogP contribution >= 0.6 is 0 Å². The van der Waals surface area contributed by atoms with Crippen molar-refractivity contribution in [3.8, 4) is 17.1 Å². The summed E-state index contributed by atoms with van der Waals surface area (Å²) in [6.07, 6.45) is 3.78. The summed E-state index contributed by atoms with van der Waals surface area (Å²) in [5, 5.41) is 6.91.